The Balaban J connectivity index is 2.42. The molecule has 2 rings (SSSR count). The Kier molecular flexibility index (Phi) is 2.49. The highest BCUT2D eigenvalue weighted by atomic mass is 16.7. The van der Waals surface area contributed by atoms with Crippen LogP contribution in [0, 0.1) is 11.3 Å². The smallest absolute Gasteiger partial charge is 0.183 e. The second kappa shape index (κ2) is 3.79. The first kappa shape index (κ1) is 9.20. The Hall–Kier alpha value is -1.37. The highest BCUT2D eigenvalue weighted by Gasteiger charge is 2.20. The summed E-state index contributed by atoms with van der Waals surface area (Å²) >= 11 is 0. The van der Waals surface area contributed by atoms with Crippen LogP contribution < -0.4 is 0 Å². The Morgan fingerprint density at radius 2 is 2.43 bits per heavy atom. The van der Waals surface area contributed by atoms with Gasteiger partial charge in [0, 0.05) is 12.7 Å². The van der Waals surface area contributed by atoms with E-state index in [0.717, 1.165) is 17.5 Å². The zero-order valence-corrected chi connectivity index (χ0v) is 7.99. The van der Waals surface area contributed by atoms with Gasteiger partial charge in [-0.3, -0.25) is 0 Å². The van der Waals surface area contributed by atoms with Gasteiger partial charge in [0.2, 0.25) is 0 Å². The Bertz CT molecular complexity index is 381. The zero-order chi connectivity index (χ0) is 9.97. The van der Waals surface area contributed by atoms with Crippen molar-refractivity contribution in [2.75, 3.05) is 13.7 Å². The van der Waals surface area contributed by atoms with Crippen molar-refractivity contribution in [1.82, 2.24) is 0 Å². The number of hydrogen-bond acceptors (Lipinski definition) is 3. The summed E-state index contributed by atoms with van der Waals surface area (Å²) in [4.78, 5) is 0. The van der Waals surface area contributed by atoms with Gasteiger partial charge in [-0.15, -0.1) is 0 Å². The largest absolute Gasteiger partial charge is 0.352 e. The van der Waals surface area contributed by atoms with Crippen molar-refractivity contribution >= 4 is 0 Å². The summed E-state index contributed by atoms with van der Waals surface area (Å²) < 4.78 is 10.6. The lowest BCUT2D eigenvalue weighted by molar-refractivity contribution is -0.134. The van der Waals surface area contributed by atoms with Crippen LogP contribution in [0.4, 0.5) is 0 Å². The molecular formula is C11H11NO2. The van der Waals surface area contributed by atoms with Crippen LogP contribution in [-0.2, 0) is 15.9 Å². The first-order valence-electron chi connectivity index (χ1n) is 4.52. The number of ether oxygens (including phenoxy) is 2. The van der Waals surface area contributed by atoms with Gasteiger partial charge >= 0.3 is 0 Å². The van der Waals surface area contributed by atoms with Crippen molar-refractivity contribution in [3.63, 3.8) is 0 Å². The molecule has 1 aliphatic rings. The van der Waals surface area contributed by atoms with Crippen LogP contribution in [0.25, 0.3) is 0 Å². The summed E-state index contributed by atoms with van der Waals surface area (Å²) in [6.45, 7) is 0.653. The van der Waals surface area contributed by atoms with Crippen molar-refractivity contribution in [1.29, 1.82) is 5.26 Å². The number of benzene rings is 1. The van der Waals surface area contributed by atoms with Crippen LogP contribution >= 0.6 is 0 Å². The molecule has 1 aromatic rings. The predicted molar refractivity (Wildman–Crippen MR) is 50.6 cm³/mol. The molecule has 14 heavy (non-hydrogen) atoms. The van der Waals surface area contributed by atoms with E-state index in [0.29, 0.717) is 12.2 Å². The van der Waals surface area contributed by atoms with Gasteiger partial charge in [0.15, 0.2) is 6.29 Å². The van der Waals surface area contributed by atoms with Gasteiger partial charge in [0.1, 0.15) is 0 Å². The fourth-order valence-corrected chi connectivity index (χ4v) is 1.68. The lowest BCUT2D eigenvalue weighted by Gasteiger charge is -2.24. The molecule has 0 N–H and O–H groups in total. The molecule has 3 nitrogen and oxygen atoms in total. The number of nitrogens with zero attached hydrogens (tertiary/aromatic N) is 1. The number of methoxy groups -OCH3 is 1. The molecule has 72 valence electrons. The Labute approximate surface area is 82.9 Å². The molecule has 0 saturated carbocycles. The van der Waals surface area contributed by atoms with Gasteiger partial charge in [-0.05, 0) is 24.1 Å². The first-order chi connectivity index (χ1) is 6.85. The van der Waals surface area contributed by atoms with Crippen LogP contribution in [0.3, 0.4) is 0 Å². The van der Waals surface area contributed by atoms with Gasteiger partial charge < -0.3 is 9.47 Å². The number of fused-ring (bicyclic) bond motifs is 1. The van der Waals surface area contributed by atoms with E-state index in [-0.39, 0.29) is 6.29 Å². The third-order valence-corrected chi connectivity index (χ3v) is 2.38. The predicted octanol–water partition coefficient (Wildman–Crippen LogP) is 1.78. The molecule has 0 spiro atoms. The van der Waals surface area contributed by atoms with E-state index >= 15 is 0 Å². The third-order valence-electron chi connectivity index (χ3n) is 2.38. The number of hydrogen-bond donors (Lipinski definition) is 0. The van der Waals surface area contributed by atoms with Gasteiger partial charge in [-0.2, -0.15) is 5.26 Å². The minimum Gasteiger partial charge on any atom is -0.352 e. The monoisotopic (exact) mass is 189 g/mol. The molecule has 1 aliphatic heterocycles. The molecule has 0 amide bonds. The van der Waals surface area contributed by atoms with E-state index in [4.69, 9.17) is 14.7 Å². The van der Waals surface area contributed by atoms with Gasteiger partial charge in [0.25, 0.3) is 0 Å². The average Bonchev–Trinajstić information content (AvgIpc) is 2.27. The van der Waals surface area contributed by atoms with Crippen LogP contribution in [0.5, 0.6) is 0 Å². The number of rotatable bonds is 1. The molecule has 1 aromatic carbocycles. The number of nitriles is 1. The molecular weight excluding hydrogens is 178 g/mol. The topological polar surface area (TPSA) is 42.2 Å². The van der Waals surface area contributed by atoms with E-state index in [1.54, 1.807) is 13.2 Å². The standard InChI is InChI=1S/C11H11NO2/c1-13-11-10-3-2-8(7-12)6-9(10)4-5-14-11/h2-3,6,11H,4-5H2,1H3. The van der Waals surface area contributed by atoms with Crippen molar-refractivity contribution in [3.05, 3.63) is 34.9 Å². The van der Waals surface area contributed by atoms with E-state index in [1.165, 1.54) is 0 Å². The summed E-state index contributed by atoms with van der Waals surface area (Å²) in [5, 5.41) is 8.75. The lowest BCUT2D eigenvalue weighted by Crippen LogP contribution is -2.17. The highest BCUT2D eigenvalue weighted by Crippen LogP contribution is 2.27. The summed E-state index contributed by atoms with van der Waals surface area (Å²) in [6.07, 6.45) is 0.580. The Morgan fingerprint density at radius 1 is 1.57 bits per heavy atom. The van der Waals surface area contributed by atoms with Gasteiger partial charge in [0.05, 0.1) is 18.2 Å². The first-order valence-corrected chi connectivity index (χ1v) is 4.52. The normalized spacial score (nSPS) is 19.9. The van der Waals surface area contributed by atoms with Crippen molar-refractivity contribution in [2.45, 2.75) is 12.7 Å². The molecule has 0 saturated heterocycles. The van der Waals surface area contributed by atoms with Crippen molar-refractivity contribution < 1.29 is 9.47 Å². The molecule has 0 aromatic heterocycles. The minimum atomic E-state index is -0.272. The highest BCUT2D eigenvalue weighted by molar-refractivity contribution is 5.39. The van der Waals surface area contributed by atoms with E-state index in [2.05, 4.69) is 6.07 Å². The van der Waals surface area contributed by atoms with Crippen LogP contribution in [0.15, 0.2) is 18.2 Å². The molecule has 0 fully saturated rings. The maximum atomic E-state index is 8.75. The van der Waals surface area contributed by atoms with Crippen LogP contribution in [0.2, 0.25) is 0 Å². The summed E-state index contributed by atoms with van der Waals surface area (Å²) in [5.74, 6) is 0. The van der Waals surface area contributed by atoms with E-state index < -0.39 is 0 Å². The Morgan fingerprint density at radius 3 is 3.14 bits per heavy atom. The maximum absolute atomic E-state index is 8.75. The summed E-state index contributed by atoms with van der Waals surface area (Å²) in [6, 6.07) is 7.73. The quantitative estimate of drug-likeness (QED) is 0.676. The van der Waals surface area contributed by atoms with E-state index in [1.807, 2.05) is 12.1 Å². The SMILES string of the molecule is COC1OCCc2cc(C#N)ccc21. The molecule has 1 heterocycles. The zero-order valence-electron chi connectivity index (χ0n) is 7.99. The molecule has 1 unspecified atom stereocenters. The van der Waals surface area contributed by atoms with Crippen molar-refractivity contribution in [2.24, 2.45) is 0 Å². The summed E-state index contributed by atoms with van der Waals surface area (Å²) in [7, 11) is 1.62. The second-order valence-corrected chi connectivity index (χ2v) is 3.21. The minimum absolute atomic E-state index is 0.272. The molecule has 0 radical (unpaired) electrons. The van der Waals surface area contributed by atoms with Crippen LogP contribution in [0.1, 0.15) is 23.0 Å². The molecule has 3 heteroatoms. The molecule has 0 aliphatic carbocycles. The second-order valence-electron chi connectivity index (χ2n) is 3.21. The fraction of sp³-hybridized carbons (Fsp3) is 0.364. The third kappa shape index (κ3) is 1.50. The van der Waals surface area contributed by atoms with Gasteiger partial charge in [-0.25, -0.2) is 0 Å². The summed E-state index contributed by atoms with van der Waals surface area (Å²) in [5.41, 5.74) is 2.89. The molecule has 0 bridgehead atoms. The fourth-order valence-electron chi connectivity index (χ4n) is 1.68. The maximum Gasteiger partial charge on any atom is 0.183 e. The van der Waals surface area contributed by atoms with E-state index in [9.17, 15) is 0 Å². The lowest BCUT2D eigenvalue weighted by atomic mass is 10.00. The molecule has 1 atom stereocenters. The average molecular weight is 189 g/mol. The van der Waals surface area contributed by atoms with Crippen molar-refractivity contribution in [3.8, 4) is 6.07 Å². The van der Waals surface area contributed by atoms with Gasteiger partial charge in [-0.1, -0.05) is 6.07 Å². The van der Waals surface area contributed by atoms with Crippen LogP contribution in [-0.4, -0.2) is 13.7 Å².